The lowest BCUT2D eigenvalue weighted by molar-refractivity contribution is 0.00774. The number of hydrogen-bond donors (Lipinski definition) is 3. The summed E-state index contributed by atoms with van der Waals surface area (Å²) >= 11 is 0. The van der Waals surface area contributed by atoms with E-state index in [0.29, 0.717) is 129 Å². The molecular formula is C100H121F4N13O13. The summed E-state index contributed by atoms with van der Waals surface area (Å²) in [6, 6.07) is 36.6. The molecule has 9 atom stereocenters. The molecule has 0 radical (unpaired) electrons. The van der Waals surface area contributed by atoms with Crippen LogP contribution in [0.2, 0.25) is 0 Å². The Labute approximate surface area is 755 Å². The van der Waals surface area contributed by atoms with Crippen LogP contribution in [-0.4, -0.2) is 193 Å². The Hall–Kier alpha value is -11.3. The molecule has 5 unspecified atom stereocenters. The second-order valence-corrected chi connectivity index (χ2v) is 36.4. The maximum absolute atomic E-state index is 13.4. The van der Waals surface area contributed by atoms with Crippen LogP contribution in [0.1, 0.15) is 240 Å². The molecule has 12 aromatic rings. The first-order valence-electron chi connectivity index (χ1n) is 45.3. The van der Waals surface area contributed by atoms with Crippen LogP contribution in [-0.2, 0) is 9.47 Å². The third-order valence-electron chi connectivity index (χ3n) is 24.1. The SMILES string of the molecule is CC(F)Oc1cccc(-c2nn(C(C)C)c3cc(C(=O)CC(C)(C)CO)cnc23)c1.CC(F)Oc1cccc(-c2nn(C(C)C)c3cc(C(=O)CC4CCCC[C@@H]4O)cnc23)c1.CC(F)Oc1cccc(-c2nn(C(C)C)c3cc(C(=O)C[C@@H]4CCC[C@H]4N4CCOCC4)cnc23)c1.CC(F)Oc1cccc(-c2nn(C(C)C)c3cc(C(=O)C[C@]4(CO)CCOC4)cnc23)c1. The topological polar surface area (TPSA) is 310 Å². The predicted molar refractivity (Wildman–Crippen MR) is 491 cm³/mol. The number of morpholine rings is 1. The van der Waals surface area contributed by atoms with E-state index in [9.17, 15) is 52.1 Å². The Bertz CT molecular complexity index is 5930. The number of aromatic nitrogens is 12. The van der Waals surface area contributed by atoms with Crippen molar-refractivity contribution in [1.29, 1.82) is 0 Å². The van der Waals surface area contributed by atoms with Crippen molar-refractivity contribution in [3.8, 4) is 68.0 Å². The third-order valence-corrected chi connectivity index (χ3v) is 24.1. The quantitative estimate of drug-likeness (QED) is 0.0268. The zero-order valence-electron chi connectivity index (χ0n) is 76.7. The molecule has 4 aromatic carbocycles. The van der Waals surface area contributed by atoms with Crippen molar-refractivity contribution < 1.29 is 80.5 Å². The van der Waals surface area contributed by atoms with Crippen molar-refractivity contribution in [3.63, 3.8) is 0 Å². The minimum Gasteiger partial charge on any atom is -0.461 e. The Morgan fingerprint density at radius 2 is 0.792 bits per heavy atom. The van der Waals surface area contributed by atoms with E-state index in [1.807, 2.05) is 123 Å². The lowest BCUT2D eigenvalue weighted by Crippen LogP contribution is -2.45. The number of ketones is 4. The van der Waals surface area contributed by atoms with E-state index in [1.54, 1.807) is 97.6 Å². The van der Waals surface area contributed by atoms with Crippen LogP contribution in [0.4, 0.5) is 17.6 Å². The smallest absolute Gasteiger partial charge is 0.235 e. The van der Waals surface area contributed by atoms with Gasteiger partial charge in [0.25, 0.3) is 0 Å². The van der Waals surface area contributed by atoms with Crippen molar-refractivity contribution >= 4 is 67.3 Å². The molecule has 3 N–H and O–H groups in total. The van der Waals surface area contributed by atoms with Crippen molar-refractivity contribution in [2.75, 3.05) is 52.7 Å². The van der Waals surface area contributed by atoms with Crippen molar-refractivity contribution in [1.82, 2.24) is 64.0 Å². The van der Waals surface area contributed by atoms with Gasteiger partial charge in [-0.1, -0.05) is 81.6 Å². The standard InChI is InChI=1S/C28H35FN4O3.C25H30FN3O3.C24H28FN3O4.C23H28FN3O3/c1-18(2)33-25-15-22(26(34)16-20-6-5-9-24(20)32-10-12-35-13-11-32)17-30-28(25)27(31-33)21-7-4-8-23(14-21)36-19(3)29;1-15(2)29-21-12-19(23(31)13-17-7-4-5-10-22(17)30)14-27-25(21)24(28-29)18-8-6-9-20(11-18)32-16(3)26;1-15(2)28-20-10-18(21(30)11-24(13-29)7-8-31-14-24)12-26-23(20)22(27-28)17-5-4-6-19(9-17)32-16(3)25;1-14(2)27-19-10-17(20(29)11-23(4,5)13-28)12-25-22(19)21(26-27)16-7-6-8-18(9-16)30-15(3)24/h4,7-8,14-15,17-20,24H,5-6,9-13,16H2,1-3H3;6,8-9,11-12,14-17,22,30H,4-5,7,10,13H2,1-3H3;4-6,9-10,12,15-16,29H,7-8,11,13-14H2,1-3H3;6-10,12,14-15,28H,11,13H2,1-5H3/t19?,20-,24+;16?,17?,22-;16?,24-;/m000./s1. The first-order valence-corrected chi connectivity index (χ1v) is 45.3. The van der Waals surface area contributed by atoms with Crippen LogP contribution < -0.4 is 18.9 Å². The molecule has 4 fully saturated rings. The second-order valence-electron chi connectivity index (χ2n) is 36.4. The van der Waals surface area contributed by atoms with Crippen LogP contribution in [0, 0.1) is 22.7 Å². The Balaban J connectivity index is 0.000000148. The molecule has 26 nitrogen and oxygen atoms in total. The van der Waals surface area contributed by atoms with E-state index in [2.05, 4.69) is 33.7 Å². The Morgan fingerprint density at radius 1 is 0.446 bits per heavy atom. The monoisotopic (exact) mass is 1790 g/mol. The maximum Gasteiger partial charge on any atom is 0.235 e. The van der Waals surface area contributed by atoms with Gasteiger partial charge in [0.05, 0.1) is 54.6 Å². The fourth-order valence-electron chi connectivity index (χ4n) is 17.4. The summed E-state index contributed by atoms with van der Waals surface area (Å²) in [4.78, 5) is 73.1. The van der Waals surface area contributed by atoms with Crippen LogP contribution >= 0.6 is 0 Å². The van der Waals surface area contributed by atoms with E-state index in [-0.39, 0.29) is 79.3 Å². The fourth-order valence-corrected chi connectivity index (χ4v) is 17.4. The van der Waals surface area contributed by atoms with E-state index in [0.717, 1.165) is 115 Å². The minimum absolute atomic E-state index is 0.00395. The highest BCUT2D eigenvalue weighted by atomic mass is 19.2. The summed E-state index contributed by atoms with van der Waals surface area (Å²) in [5.74, 6) is 2.04. The number of benzene rings is 4. The number of halogens is 4. The van der Waals surface area contributed by atoms with Gasteiger partial charge in [-0.2, -0.15) is 20.4 Å². The molecule has 0 spiro atoms. The molecule has 2 aliphatic heterocycles. The van der Waals surface area contributed by atoms with Gasteiger partial charge < -0.3 is 43.7 Å². The fraction of sp³-hybridized carbons (Fsp3) is 0.480. The number of pyridine rings is 4. The molecule has 0 amide bonds. The summed E-state index contributed by atoms with van der Waals surface area (Å²) < 4.78 is 92.4. The van der Waals surface area contributed by atoms with Crippen LogP contribution in [0.25, 0.3) is 89.2 Å². The zero-order valence-corrected chi connectivity index (χ0v) is 76.7. The average molecular weight is 1790 g/mol. The lowest BCUT2D eigenvalue weighted by Gasteiger charge is -2.35. The number of carbonyl (C=O) groups is 4. The number of rotatable bonds is 31. The number of aliphatic hydroxyl groups excluding tert-OH is 3. The van der Waals surface area contributed by atoms with Gasteiger partial charge in [-0.25, -0.2) is 17.6 Å². The van der Waals surface area contributed by atoms with E-state index in [4.69, 9.17) is 53.8 Å². The van der Waals surface area contributed by atoms with E-state index in [1.165, 1.54) is 34.1 Å². The molecule has 10 heterocycles. The summed E-state index contributed by atoms with van der Waals surface area (Å²) in [5, 5.41) is 48.6. The average Bonchev–Trinajstić information content (AvgIpc) is 1.63. The van der Waals surface area contributed by atoms with Gasteiger partial charge >= 0.3 is 0 Å². The summed E-state index contributed by atoms with van der Waals surface area (Å²) in [6.07, 6.45) is 9.44. The molecule has 692 valence electrons. The first-order chi connectivity index (χ1) is 62.2. The molecule has 16 rings (SSSR count). The van der Waals surface area contributed by atoms with Gasteiger partial charge in [-0.3, -0.25) is 62.7 Å². The van der Waals surface area contributed by atoms with Gasteiger partial charge in [0.1, 0.15) is 67.8 Å². The summed E-state index contributed by atoms with van der Waals surface area (Å²) in [6.45, 7) is 29.5. The second kappa shape index (κ2) is 42.7. The van der Waals surface area contributed by atoms with E-state index < -0.39 is 42.4 Å². The van der Waals surface area contributed by atoms with E-state index >= 15 is 0 Å². The van der Waals surface area contributed by atoms with Crippen molar-refractivity contribution in [2.24, 2.45) is 22.7 Å². The van der Waals surface area contributed by atoms with Gasteiger partial charge in [-0.15, -0.1) is 0 Å². The normalized spacial score (nSPS) is 18.8. The van der Waals surface area contributed by atoms with Crippen LogP contribution in [0.5, 0.6) is 23.0 Å². The first kappa shape index (κ1) is 96.3. The maximum atomic E-state index is 13.4. The molecule has 2 aliphatic carbocycles. The van der Waals surface area contributed by atoms with Gasteiger partial charge in [-0.05, 0) is 178 Å². The molecule has 4 aliphatic rings. The lowest BCUT2D eigenvalue weighted by atomic mass is 9.82. The van der Waals surface area contributed by atoms with Crippen molar-refractivity contribution in [3.05, 3.63) is 168 Å². The van der Waals surface area contributed by atoms with Crippen LogP contribution in [0.15, 0.2) is 146 Å². The number of aliphatic hydroxyl groups is 3. The van der Waals surface area contributed by atoms with Crippen LogP contribution in [0.3, 0.4) is 0 Å². The highest BCUT2D eigenvalue weighted by Crippen LogP contribution is 2.41. The van der Waals surface area contributed by atoms with Crippen molar-refractivity contribution in [2.45, 2.75) is 236 Å². The molecular weight excluding hydrogens is 1670 g/mol. The summed E-state index contributed by atoms with van der Waals surface area (Å²) in [5.41, 5.74) is 12.6. The number of carbonyl (C=O) groups excluding carboxylic acids is 4. The van der Waals surface area contributed by atoms with Gasteiger partial charge in [0.2, 0.25) is 25.4 Å². The molecule has 2 saturated heterocycles. The van der Waals surface area contributed by atoms with Gasteiger partial charge in [0, 0.05) is 185 Å². The predicted octanol–water partition coefficient (Wildman–Crippen LogP) is 20.3. The number of hydrogen-bond acceptors (Lipinski definition) is 22. The number of nitrogens with zero attached hydrogens (tertiary/aromatic N) is 13. The molecule has 130 heavy (non-hydrogen) atoms. The summed E-state index contributed by atoms with van der Waals surface area (Å²) in [7, 11) is 0. The molecule has 2 saturated carbocycles. The number of alkyl halides is 4. The largest absolute Gasteiger partial charge is 0.461 e. The third kappa shape index (κ3) is 23.4. The molecule has 8 aromatic heterocycles. The Kier molecular flexibility index (Phi) is 31.7. The zero-order chi connectivity index (χ0) is 93.0. The molecule has 0 bridgehead atoms. The van der Waals surface area contributed by atoms with Gasteiger partial charge in [0.15, 0.2) is 23.1 Å². The molecule has 30 heteroatoms. The number of ether oxygens (including phenoxy) is 6. The minimum atomic E-state index is -1.42. The highest BCUT2D eigenvalue weighted by molar-refractivity contribution is 6.04. The number of fused-ring (bicyclic) bond motifs is 4. The highest BCUT2D eigenvalue weighted by Gasteiger charge is 2.39. The Morgan fingerprint density at radius 3 is 1.12 bits per heavy atom. The number of Topliss-reactive ketones (excluding diaryl/α,β-unsaturated/α-hetero) is 4.